The number of nitrogen functional groups attached to an aromatic ring is 1. The molecule has 1 amide bonds. The van der Waals surface area contributed by atoms with E-state index in [4.69, 9.17) is 21.6 Å². The molecule has 5 N–H and O–H groups in total. The van der Waals surface area contributed by atoms with Crippen molar-refractivity contribution >= 4 is 17.8 Å². The summed E-state index contributed by atoms with van der Waals surface area (Å²) in [7, 11) is 1.25. The Morgan fingerprint density at radius 1 is 1.29 bits per heavy atom. The van der Waals surface area contributed by atoms with Crippen LogP contribution in [0.15, 0.2) is 24.3 Å². The van der Waals surface area contributed by atoms with Gasteiger partial charge in [-0.3, -0.25) is 4.79 Å². The average molecular weight is 338 g/mol. The molecule has 126 valence electrons. The van der Waals surface area contributed by atoms with Crippen LogP contribution in [0, 0.1) is 5.41 Å². The minimum absolute atomic E-state index is 0.0118. The fourth-order valence-electron chi connectivity index (χ4n) is 2.16. The molecule has 0 saturated heterocycles. The molecular weight excluding hydrogens is 325 g/mol. The maximum atomic E-state index is 13.0. The van der Waals surface area contributed by atoms with Crippen LogP contribution in [0.25, 0.3) is 11.1 Å². The molecule has 2 rings (SSSR count). The quantitative estimate of drug-likeness (QED) is 0.586. The molecule has 0 radical (unpaired) electrons. The number of hydrogen-bond donors (Lipinski definition) is 3. The van der Waals surface area contributed by atoms with E-state index in [9.17, 15) is 18.0 Å². The third-order valence-corrected chi connectivity index (χ3v) is 3.28. The number of aromatic nitrogens is 1. The number of carbonyl (C=O) groups excluding carboxylic acids is 1. The van der Waals surface area contributed by atoms with Crippen molar-refractivity contribution in [3.63, 3.8) is 0 Å². The summed E-state index contributed by atoms with van der Waals surface area (Å²) in [6.07, 6.45) is -3.77. The summed E-state index contributed by atoms with van der Waals surface area (Å²) in [4.78, 5) is 15.0. The molecule has 6 nitrogen and oxygen atoms in total. The molecule has 1 aromatic carbocycles. The van der Waals surface area contributed by atoms with Gasteiger partial charge in [-0.25, -0.2) is 4.98 Å². The first-order chi connectivity index (χ1) is 11.2. The zero-order valence-corrected chi connectivity index (χ0v) is 12.4. The Labute approximate surface area is 134 Å². The van der Waals surface area contributed by atoms with Crippen molar-refractivity contribution in [3.05, 3.63) is 41.1 Å². The van der Waals surface area contributed by atoms with Crippen LogP contribution in [-0.2, 0) is 6.18 Å². The van der Waals surface area contributed by atoms with Crippen LogP contribution < -0.4 is 16.2 Å². The van der Waals surface area contributed by atoms with Crippen molar-refractivity contribution in [2.45, 2.75) is 6.18 Å². The molecular formula is C15H13F3N4O2. The number of carbonyl (C=O) groups is 1. The van der Waals surface area contributed by atoms with Crippen LogP contribution in [0.2, 0.25) is 0 Å². The number of nitrogens with one attached hydrogen (secondary N) is 1. The van der Waals surface area contributed by atoms with Gasteiger partial charge < -0.3 is 21.6 Å². The SMILES string of the molecule is COc1nc(C(N)=O)ccc1-c1cc(C(F)(F)F)cc(N)c1C=N. The van der Waals surface area contributed by atoms with E-state index < -0.39 is 17.6 Å². The van der Waals surface area contributed by atoms with Gasteiger partial charge in [0.05, 0.1) is 12.7 Å². The Hall–Kier alpha value is -3.10. The molecule has 1 heterocycles. The Bertz CT molecular complexity index is 819. The van der Waals surface area contributed by atoms with Crippen LogP contribution in [-0.4, -0.2) is 24.2 Å². The maximum absolute atomic E-state index is 13.0. The molecule has 0 atom stereocenters. The number of methoxy groups -OCH3 is 1. The van der Waals surface area contributed by atoms with Gasteiger partial charge >= 0.3 is 6.18 Å². The molecule has 1 aromatic heterocycles. The number of anilines is 1. The molecule has 2 aromatic rings. The number of ether oxygens (including phenoxy) is 1. The highest BCUT2D eigenvalue weighted by Gasteiger charge is 2.32. The molecule has 9 heteroatoms. The van der Waals surface area contributed by atoms with Crippen molar-refractivity contribution in [1.82, 2.24) is 4.98 Å². The van der Waals surface area contributed by atoms with Crippen molar-refractivity contribution in [2.75, 3.05) is 12.8 Å². The Balaban J connectivity index is 2.78. The lowest BCUT2D eigenvalue weighted by Gasteiger charge is -2.16. The molecule has 0 aliphatic heterocycles. The predicted octanol–water partition coefficient (Wildman–Crippen LogP) is 2.45. The van der Waals surface area contributed by atoms with E-state index >= 15 is 0 Å². The smallest absolute Gasteiger partial charge is 0.416 e. The van der Waals surface area contributed by atoms with E-state index in [0.717, 1.165) is 18.3 Å². The first-order valence-electron chi connectivity index (χ1n) is 6.55. The van der Waals surface area contributed by atoms with Crippen LogP contribution >= 0.6 is 0 Å². The zero-order valence-electron chi connectivity index (χ0n) is 12.4. The second-order valence-electron chi connectivity index (χ2n) is 4.79. The van der Waals surface area contributed by atoms with Gasteiger partial charge in [-0.1, -0.05) is 0 Å². The highest BCUT2D eigenvalue weighted by atomic mass is 19.4. The van der Waals surface area contributed by atoms with Gasteiger partial charge in [0.15, 0.2) is 0 Å². The summed E-state index contributed by atoms with van der Waals surface area (Å²) < 4.78 is 44.1. The van der Waals surface area contributed by atoms with Gasteiger partial charge in [-0.15, -0.1) is 0 Å². The van der Waals surface area contributed by atoms with E-state index in [2.05, 4.69) is 4.98 Å². The summed E-state index contributed by atoms with van der Waals surface area (Å²) in [5.41, 5.74) is 9.73. The van der Waals surface area contributed by atoms with E-state index in [0.29, 0.717) is 0 Å². The number of rotatable bonds is 4. The molecule has 0 unspecified atom stereocenters. The Kier molecular flexibility index (Phi) is 4.45. The lowest BCUT2D eigenvalue weighted by Crippen LogP contribution is -2.14. The molecule has 0 spiro atoms. The van der Waals surface area contributed by atoms with Crippen molar-refractivity contribution in [1.29, 1.82) is 5.41 Å². The summed E-state index contributed by atoms with van der Waals surface area (Å²) in [6, 6.07) is 4.19. The number of halogens is 3. The maximum Gasteiger partial charge on any atom is 0.416 e. The second kappa shape index (κ2) is 6.19. The number of primary amides is 1. The van der Waals surface area contributed by atoms with E-state index in [1.165, 1.54) is 19.2 Å². The molecule has 0 aliphatic carbocycles. The molecule has 0 aliphatic rings. The van der Waals surface area contributed by atoms with Gasteiger partial charge in [0.1, 0.15) is 5.69 Å². The monoisotopic (exact) mass is 338 g/mol. The summed E-state index contributed by atoms with van der Waals surface area (Å²) in [6.45, 7) is 0. The van der Waals surface area contributed by atoms with E-state index in [1.807, 2.05) is 0 Å². The second-order valence-corrected chi connectivity index (χ2v) is 4.79. The Morgan fingerprint density at radius 2 is 1.96 bits per heavy atom. The first-order valence-corrected chi connectivity index (χ1v) is 6.55. The summed E-state index contributed by atoms with van der Waals surface area (Å²) >= 11 is 0. The van der Waals surface area contributed by atoms with Crippen molar-refractivity contribution in [2.24, 2.45) is 5.73 Å². The molecule has 0 fully saturated rings. The standard InChI is InChI=1S/C15H13F3N4O2/c1-24-14-8(2-3-12(22-14)13(21)23)9-4-7(15(16,17)18)5-11(20)10(9)6-19/h2-6,19H,20H2,1H3,(H2,21,23). The fraction of sp³-hybridized carbons (Fsp3) is 0.133. The predicted molar refractivity (Wildman–Crippen MR) is 82.0 cm³/mol. The van der Waals surface area contributed by atoms with Gasteiger partial charge in [0, 0.05) is 23.0 Å². The van der Waals surface area contributed by atoms with E-state index in [1.54, 1.807) is 0 Å². The number of nitrogens with two attached hydrogens (primary N) is 2. The first kappa shape index (κ1) is 17.3. The Morgan fingerprint density at radius 3 is 2.46 bits per heavy atom. The van der Waals surface area contributed by atoms with E-state index in [-0.39, 0.29) is 34.0 Å². The number of benzene rings is 1. The van der Waals surface area contributed by atoms with Crippen LogP contribution in [0.3, 0.4) is 0 Å². The highest BCUT2D eigenvalue weighted by Crippen LogP contribution is 2.38. The number of alkyl halides is 3. The number of hydrogen-bond acceptors (Lipinski definition) is 5. The zero-order chi connectivity index (χ0) is 18.1. The number of nitrogens with zero attached hydrogens (tertiary/aromatic N) is 1. The van der Waals surface area contributed by atoms with Gasteiger partial charge in [0.25, 0.3) is 5.91 Å². The van der Waals surface area contributed by atoms with Crippen molar-refractivity contribution < 1.29 is 22.7 Å². The van der Waals surface area contributed by atoms with Crippen LogP contribution in [0.5, 0.6) is 5.88 Å². The van der Waals surface area contributed by atoms with Gasteiger partial charge in [-0.2, -0.15) is 13.2 Å². The average Bonchev–Trinajstić information content (AvgIpc) is 2.52. The molecule has 24 heavy (non-hydrogen) atoms. The topological polar surface area (TPSA) is 115 Å². The minimum atomic E-state index is -4.61. The third-order valence-electron chi connectivity index (χ3n) is 3.28. The van der Waals surface area contributed by atoms with Crippen LogP contribution in [0.4, 0.5) is 18.9 Å². The van der Waals surface area contributed by atoms with Gasteiger partial charge in [0.2, 0.25) is 5.88 Å². The lowest BCUT2D eigenvalue weighted by atomic mass is 9.96. The summed E-state index contributed by atoms with van der Waals surface area (Å²) in [5.74, 6) is -0.913. The fourth-order valence-corrected chi connectivity index (χ4v) is 2.16. The minimum Gasteiger partial charge on any atom is -0.481 e. The molecule has 0 saturated carbocycles. The normalized spacial score (nSPS) is 11.2. The number of pyridine rings is 1. The van der Waals surface area contributed by atoms with Gasteiger partial charge in [-0.05, 0) is 29.8 Å². The third kappa shape index (κ3) is 3.14. The largest absolute Gasteiger partial charge is 0.481 e. The lowest BCUT2D eigenvalue weighted by molar-refractivity contribution is -0.137. The number of amides is 1. The summed E-state index contributed by atoms with van der Waals surface area (Å²) in [5, 5.41) is 7.42. The highest BCUT2D eigenvalue weighted by molar-refractivity contribution is 5.97. The van der Waals surface area contributed by atoms with Crippen molar-refractivity contribution in [3.8, 4) is 17.0 Å². The van der Waals surface area contributed by atoms with Crippen LogP contribution in [0.1, 0.15) is 21.6 Å². The molecule has 0 bridgehead atoms.